The summed E-state index contributed by atoms with van der Waals surface area (Å²) in [6, 6.07) is 15.9. The monoisotopic (exact) mass is 210 g/mol. The second kappa shape index (κ2) is 4.71. The normalized spacial score (nSPS) is 10.9. The molecule has 2 nitrogen and oxygen atoms in total. The van der Waals surface area contributed by atoms with E-state index < -0.39 is 0 Å². The van der Waals surface area contributed by atoms with Crippen molar-refractivity contribution in [3.8, 4) is 0 Å². The lowest BCUT2D eigenvalue weighted by Crippen LogP contribution is -1.78. The molecule has 0 heterocycles. The van der Waals surface area contributed by atoms with Crippen molar-refractivity contribution in [2.45, 2.75) is 13.8 Å². The van der Waals surface area contributed by atoms with Crippen LogP contribution < -0.4 is 0 Å². The van der Waals surface area contributed by atoms with Gasteiger partial charge in [0.25, 0.3) is 0 Å². The quantitative estimate of drug-likeness (QED) is 0.641. The first-order valence-electron chi connectivity index (χ1n) is 5.30. The number of nitrogens with zero attached hydrogens (tertiary/aromatic N) is 2. The summed E-state index contributed by atoms with van der Waals surface area (Å²) in [6.07, 6.45) is 0. The largest absolute Gasteiger partial charge is 0.151 e. The first-order chi connectivity index (χ1) is 7.77. The van der Waals surface area contributed by atoms with Crippen LogP contribution in [0.3, 0.4) is 0 Å². The SMILES string of the molecule is Cc1cccc(C)c1N=Nc1ccccc1. The van der Waals surface area contributed by atoms with Crippen LogP contribution in [-0.4, -0.2) is 0 Å². The lowest BCUT2D eigenvalue weighted by Gasteiger charge is -2.01. The van der Waals surface area contributed by atoms with E-state index in [2.05, 4.69) is 10.2 Å². The Morgan fingerprint density at radius 3 is 1.94 bits per heavy atom. The van der Waals surface area contributed by atoms with Crippen LogP contribution in [0.2, 0.25) is 0 Å². The Morgan fingerprint density at radius 2 is 1.31 bits per heavy atom. The van der Waals surface area contributed by atoms with Crippen LogP contribution in [0.4, 0.5) is 11.4 Å². The molecule has 0 unspecified atom stereocenters. The summed E-state index contributed by atoms with van der Waals surface area (Å²) in [6.45, 7) is 4.10. The van der Waals surface area contributed by atoms with Crippen molar-refractivity contribution in [3.63, 3.8) is 0 Å². The molecule has 2 aromatic rings. The van der Waals surface area contributed by atoms with E-state index in [1.165, 1.54) is 0 Å². The van der Waals surface area contributed by atoms with Crippen LogP contribution >= 0.6 is 0 Å². The molecule has 0 aliphatic heterocycles. The summed E-state index contributed by atoms with van der Waals surface area (Å²) in [7, 11) is 0. The highest BCUT2D eigenvalue weighted by molar-refractivity contribution is 5.51. The Hall–Kier alpha value is -1.96. The Bertz CT molecular complexity index is 481. The fourth-order valence-electron chi connectivity index (χ4n) is 1.57. The smallest absolute Gasteiger partial charge is 0.0915 e. The van der Waals surface area contributed by atoms with E-state index in [9.17, 15) is 0 Å². The predicted molar refractivity (Wildman–Crippen MR) is 66.5 cm³/mol. The Balaban J connectivity index is 2.31. The van der Waals surface area contributed by atoms with Crippen LogP contribution in [0.25, 0.3) is 0 Å². The highest BCUT2D eigenvalue weighted by Gasteiger charge is 1.99. The van der Waals surface area contributed by atoms with Gasteiger partial charge in [-0.3, -0.25) is 0 Å². The zero-order valence-electron chi connectivity index (χ0n) is 9.51. The number of rotatable bonds is 2. The maximum absolute atomic E-state index is 4.30. The molecule has 0 spiro atoms. The summed E-state index contributed by atoms with van der Waals surface area (Å²) in [5.74, 6) is 0. The third kappa shape index (κ3) is 2.34. The first-order valence-corrected chi connectivity index (χ1v) is 5.30. The lowest BCUT2D eigenvalue weighted by molar-refractivity contribution is 1.19. The van der Waals surface area contributed by atoms with Crippen LogP contribution in [0.5, 0.6) is 0 Å². The molecule has 0 aromatic heterocycles. The fourth-order valence-corrected chi connectivity index (χ4v) is 1.57. The second-order valence-corrected chi connectivity index (χ2v) is 3.78. The average Bonchev–Trinajstić information content (AvgIpc) is 2.30. The molecule has 0 fully saturated rings. The molecule has 0 N–H and O–H groups in total. The second-order valence-electron chi connectivity index (χ2n) is 3.78. The van der Waals surface area contributed by atoms with Gasteiger partial charge in [-0.25, -0.2) is 0 Å². The molecule has 16 heavy (non-hydrogen) atoms. The van der Waals surface area contributed by atoms with E-state index >= 15 is 0 Å². The summed E-state index contributed by atoms with van der Waals surface area (Å²) >= 11 is 0. The molecule has 2 heteroatoms. The van der Waals surface area contributed by atoms with E-state index in [1.54, 1.807) is 0 Å². The molecule has 2 rings (SSSR count). The number of hydrogen-bond donors (Lipinski definition) is 0. The van der Waals surface area contributed by atoms with Gasteiger partial charge in [0, 0.05) is 0 Å². The van der Waals surface area contributed by atoms with Crippen LogP contribution in [0.15, 0.2) is 58.8 Å². The molecule has 0 aliphatic carbocycles. The van der Waals surface area contributed by atoms with E-state index in [0.717, 1.165) is 22.5 Å². The summed E-state index contributed by atoms with van der Waals surface area (Å²) in [5, 5.41) is 8.52. The molecular formula is C14H14N2. The van der Waals surface area contributed by atoms with E-state index in [1.807, 2.05) is 62.4 Å². The molecule has 0 amide bonds. The van der Waals surface area contributed by atoms with Gasteiger partial charge in [0.05, 0.1) is 11.4 Å². The average molecular weight is 210 g/mol. The van der Waals surface area contributed by atoms with Gasteiger partial charge in [-0.2, -0.15) is 10.2 Å². The van der Waals surface area contributed by atoms with Gasteiger partial charge in [-0.15, -0.1) is 0 Å². The number of benzene rings is 2. The van der Waals surface area contributed by atoms with Crippen molar-refractivity contribution < 1.29 is 0 Å². The van der Waals surface area contributed by atoms with Crippen molar-refractivity contribution in [2.24, 2.45) is 10.2 Å². The lowest BCUT2D eigenvalue weighted by atomic mass is 10.1. The highest BCUT2D eigenvalue weighted by Crippen LogP contribution is 2.25. The minimum atomic E-state index is 0.880. The van der Waals surface area contributed by atoms with Gasteiger partial charge >= 0.3 is 0 Å². The van der Waals surface area contributed by atoms with Crippen molar-refractivity contribution in [1.82, 2.24) is 0 Å². The molecule has 0 saturated heterocycles. The predicted octanol–water partition coefficient (Wildman–Crippen LogP) is 4.72. The zero-order chi connectivity index (χ0) is 11.4. The van der Waals surface area contributed by atoms with Crippen molar-refractivity contribution in [2.75, 3.05) is 0 Å². The van der Waals surface area contributed by atoms with Crippen LogP contribution in [0.1, 0.15) is 11.1 Å². The van der Waals surface area contributed by atoms with Crippen LogP contribution in [0, 0.1) is 13.8 Å². The van der Waals surface area contributed by atoms with Crippen LogP contribution in [-0.2, 0) is 0 Å². The third-order valence-corrected chi connectivity index (χ3v) is 2.46. The molecule has 0 saturated carbocycles. The summed E-state index contributed by atoms with van der Waals surface area (Å²) < 4.78 is 0. The Morgan fingerprint density at radius 1 is 0.688 bits per heavy atom. The molecule has 80 valence electrons. The van der Waals surface area contributed by atoms with Gasteiger partial charge in [-0.1, -0.05) is 36.4 Å². The van der Waals surface area contributed by atoms with E-state index in [-0.39, 0.29) is 0 Å². The van der Waals surface area contributed by atoms with Gasteiger partial charge < -0.3 is 0 Å². The Labute approximate surface area is 95.7 Å². The first kappa shape index (κ1) is 10.6. The van der Waals surface area contributed by atoms with Gasteiger partial charge in [-0.05, 0) is 37.1 Å². The van der Waals surface area contributed by atoms with Gasteiger partial charge in [0.1, 0.15) is 0 Å². The molecular weight excluding hydrogens is 196 g/mol. The fraction of sp³-hybridized carbons (Fsp3) is 0.143. The molecule has 0 radical (unpaired) electrons. The van der Waals surface area contributed by atoms with E-state index in [0.29, 0.717) is 0 Å². The number of aryl methyl sites for hydroxylation is 2. The summed E-state index contributed by atoms with van der Waals surface area (Å²) in [4.78, 5) is 0. The highest BCUT2D eigenvalue weighted by atomic mass is 15.1. The topological polar surface area (TPSA) is 24.7 Å². The standard InChI is InChI=1S/C14H14N2/c1-11-7-6-8-12(2)14(11)16-15-13-9-4-3-5-10-13/h3-10H,1-2H3. The third-order valence-electron chi connectivity index (χ3n) is 2.46. The van der Waals surface area contributed by atoms with Crippen molar-refractivity contribution >= 4 is 11.4 Å². The minimum Gasteiger partial charge on any atom is -0.151 e. The van der Waals surface area contributed by atoms with Crippen molar-refractivity contribution in [1.29, 1.82) is 0 Å². The summed E-state index contributed by atoms with van der Waals surface area (Å²) in [5.41, 5.74) is 4.15. The maximum Gasteiger partial charge on any atom is 0.0915 e. The molecule has 0 atom stereocenters. The molecule has 0 bridgehead atoms. The van der Waals surface area contributed by atoms with Crippen molar-refractivity contribution in [3.05, 3.63) is 59.7 Å². The number of hydrogen-bond acceptors (Lipinski definition) is 2. The minimum absolute atomic E-state index is 0.880. The number of azo groups is 1. The molecule has 2 aromatic carbocycles. The zero-order valence-corrected chi connectivity index (χ0v) is 9.51. The molecule has 0 aliphatic rings. The van der Waals surface area contributed by atoms with Gasteiger partial charge in [0.15, 0.2) is 0 Å². The maximum atomic E-state index is 4.30. The Kier molecular flexibility index (Phi) is 3.10. The van der Waals surface area contributed by atoms with Gasteiger partial charge in [0.2, 0.25) is 0 Å². The van der Waals surface area contributed by atoms with E-state index in [4.69, 9.17) is 0 Å².